The van der Waals surface area contributed by atoms with Crippen LogP contribution in [0.1, 0.15) is 16.1 Å². The number of aryl methyl sites for hydroxylation is 1. The average Bonchev–Trinajstić information content (AvgIpc) is 2.68. The highest BCUT2D eigenvalue weighted by Crippen LogP contribution is 2.20. The maximum Gasteiger partial charge on any atom is 0.212 e. The molecule has 0 radical (unpaired) electrons. The van der Waals surface area contributed by atoms with Crippen LogP contribution >= 0.6 is 11.6 Å². The van der Waals surface area contributed by atoms with Crippen molar-refractivity contribution >= 4 is 23.1 Å². The van der Waals surface area contributed by atoms with Crippen molar-refractivity contribution in [3.8, 4) is 0 Å². The molecule has 0 saturated heterocycles. The van der Waals surface area contributed by atoms with Gasteiger partial charge in [-0.3, -0.25) is 9.48 Å². The molecule has 1 heterocycles. The number of anilines is 1. The van der Waals surface area contributed by atoms with E-state index in [2.05, 4.69) is 5.10 Å². The third-order valence-electron chi connectivity index (χ3n) is 2.76. The number of hydrogen-bond acceptors (Lipinski definition) is 3. The molecule has 4 nitrogen and oxygen atoms in total. The van der Waals surface area contributed by atoms with Gasteiger partial charge >= 0.3 is 0 Å². The largest absolute Gasteiger partial charge is 0.378 e. The van der Waals surface area contributed by atoms with Crippen molar-refractivity contribution in [3.63, 3.8) is 0 Å². The molecule has 0 aliphatic heterocycles. The van der Waals surface area contributed by atoms with E-state index in [0.717, 1.165) is 5.69 Å². The molecule has 2 rings (SSSR count). The highest BCUT2D eigenvalue weighted by Gasteiger charge is 2.17. The van der Waals surface area contributed by atoms with Gasteiger partial charge in [0, 0.05) is 32.4 Å². The molecular weight excluding hydrogens is 250 g/mol. The summed E-state index contributed by atoms with van der Waals surface area (Å²) < 4.78 is 1.49. The SMILES string of the molecule is CN(C)c1ccc(C(=O)c2c(Cl)cnn2C)cc1. The lowest BCUT2D eigenvalue weighted by molar-refractivity contribution is 0.103. The van der Waals surface area contributed by atoms with Gasteiger partial charge in [-0.15, -0.1) is 0 Å². The van der Waals surface area contributed by atoms with Crippen LogP contribution in [0.2, 0.25) is 5.02 Å². The number of aromatic nitrogens is 2. The molecule has 18 heavy (non-hydrogen) atoms. The Hall–Kier alpha value is -1.81. The van der Waals surface area contributed by atoms with Crippen LogP contribution < -0.4 is 4.90 Å². The minimum Gasteiger partial charge on any atom is -0.378 e. The van der Waals surface area contributed by atoms with Crippen LogP contribution in [0.15, 0.2) is 30.5 Å². The first-order valence-corrected chi connectivity index (χ1v) is 5.88. The summed E-state index contributed by atoms with van der Waals surface area (Å²) in [5, 5.41) is 4.34. The van der Waals surface area contributed by atoms with Crippen LogP contribution in [-0.4, -0.2) is 29.7 Å². The lowest BCUT2D eigenvalue weighted by atomic mass is 10.1. The average molecular weight is 264 g/mol. The molecule has 0 N–H and O–H groups in total. The summed E-state index contributed by atoms with van der Waals surface area (Å²) in [6, 6.07) is 7.39. The van der Waals surface area contributed by atoms with E-state index in [1.165, 1.54) is 10.9 Å². The van der Waals surface area contributed by atoms with Gasteiger partial charge in [0.2, 0.25) is 5.78 Å². The maximum absolute atomic E-state index is 12.3. The van der Waals surface area contributed by atoms with Gasteiger partial charge in [-0.05, 0) is 24.3 Å². The standard InChI is InChI=1S/C13H14ClN3O/c1-16(2)10-6-4-9(5-7-10)13(18)12-11(14)8-15-17(12)3/h4-8H,1-3H3. The number of halogens is 1. The van der Waals surface area contributed by atoms with Gasteiger partial charge in [0.25, 0.3) is 0 Å². The Morgan fingerprint density at radius 2 is 1.89 bits per heavy atom. The normalized spacial score (nSPS) is 10.4. The minimum atomic E-state index is -0.120. The third-order valence-corrected chi connectivity index (χ3v) is 3.03. The van der Waals surface area contributed by atoms with Crippen molar-refractivity contribution in [1.29, 1.82) is 0 Å². The van der Waals surface area contributed by atoms with Crippen LogP contribution in [0.25, 0.3) is 0 Å². The zero-order valence-corrected chi connectivity index (χ0v) is 11.3. The highest BCUT2D eigenvalue weighted by atomic mass is 35.5. The summed E-state index contributed by atoms with van der Waals surface area (Å²) >= 11 is 5.96. The summed E-state index contributed by atoms with van der Waals surface area (Å²) in [5.74, 6) is -0.120. The third kappa shape index (κ3) is 2.24. The van der Waals surface area contributed by atoms with Gasteiger partial charge in [0.15, 0.2) is 0 Å². The van der Waals surface area contributed by atoms with Gasteiger partial charge in [0.1, 0.15) is 5.69 Å². The molecule has 0 aliphatic carbocycles. The quantitative estimate of drug-likeness (QED) is 0.798. The van der Waals surface area contributed by atoms with Crippen LogP contribution in [0.4, 0.5) is 5.69 Å². The van der Waals surface area contributed by atoms with Gasteiger partial charge in [0.05, 0.1) is 11.2 Å². The van der Waals surface area contributed by atoms with E-state index in [1.54, 1.807) is 19.2 Å². The summed E-state index contributed by atoms with van der Waals surface area (Å²) in [6.07, 6.45) is 1.48. The van der Waals surface area contributed by atoms with E-state index in [9.17, 15) is 4.79 Å². The van der Waals surface area contributed by atoms with E-state index in [1.807, 2.05) is 31.1 Å². The highest BCUT2D eigenvalue weighted by molar-refractivity contribution is 6.34. The van der Waals surface area contributed by atoms with E-state index < -0.39 is 0 Å². The van der Waals surface area contributed by atoms with Crippen LogP contribution in [0, 0.1) is 0 Å². The zero-order valence-electron chi connectivity index (χ0n) is 10.5. The van der Waals surface area contributed by atoms with Crippen LogP contribution in [0.5, 0.6) is 0 Å². The van der Waals surface area contributed by atoms with E-state index in [-0.39, 0.29) is 5.78 Å². The fourth-order valence-electron chi connectivity index (χ4n) is 1.71. The molecule has 0 bridgehead atoms. The predicted octanol–water partition coefficient (Wildman–Crippen LogP) is 2.37. The molecule has 5 heteroatoms. The Balaban J connectivity index is 2.35. The molecule has 2 aromatic rings. The van der Waals surface area contributed by atoms with Gasteiger partial charge in [-0.25, -0.2) is 0 Å². The molecule has 0 amide bonds. The lowest BCUT2D eigenvalue weighted by Gasteiger charge is -2.12. The summed E-state index contributed by atoms with van der Waals surface area (Å²) in [6.45, 7) is 0. The predicted molar refractivity (Wildman–Crippen MR) is 72.4 cm³/mol. The first-order chi connectivity index (χ1) is 8.50. The molecule has 0 spiro atoms. The van der Waals surface area contributed by atoms with E-state index >= 15 is 0 Å². The topological polar surface area (TPSA) is 38.1 Å². The van der Waals surface area contributed by atoms with Crippen molar-refractivity contribution in [2.24, 2.45) is 7.05 Å². The molecule has 94 valence electrons. The van der Waals surface area contributed by atoms with Crippen molar-refractivity contribution < 1.29 is 4.79 Å². The summed E-state index contributed by atoms with van der Waals surface area (Å²) in [5.41, 5.74) is 2.06. The monoisotopic (exact) mass is 263 g/mol. The van der Waals surface area contributed by atoms with Gasteiger partial charge in [-0.1, -0.05) is 11.6 Å². The Morgan fingerprint density at radius 3 is 2.33 bits per heavy atom. The molecule has 0 saturated carbocycles. The van der Waals surface area contributed by atoms with Crippen molar-refractivity contribution in [2.75, 3.05) is 19.0 Å². The first kappa shape index (κ1) is 12.6. The number of hydrogen-bond donors (Lipinski definition) is 0. The Morgan fingerprint density at radius 1 is 1.28 bits per heavy atom. The first-order valence-electron chi connectivity index (χ1n) is 5.50. The second-order valence-electron chi connectivity index (χ2n) is 4.24. The molecule has 0 atom stereocenters. The van der Waals surface area contributed by atoms with Gasteiger partial charge < -0.3 is 4.90 Å². The number of benzene rings is 1. The Labute approximate surface area is 111 Å². The Bertz CT molecular complexity index is 553. The number of ketones is 1. The fraction of sp³-hybridized carbons (Fsp3) is 0.231. The fourth-order valence-corrected chi connectivity index (χ4v) is 1.97. The minimum absolute atomic E-state index is 0.120. The maximum atomic E-state index is 12.3. The van der Waals surface area contributed by atoms with Crippen molar-refractivity contribution in [2.45, 2.75) is 0 Å². The van der Waals surface area contributed by atoms with Crippen molar-refractivity contribution in [1.82, 2.24) is 9.78 Å². The molecule has 1 aromatic carbocycles. The molecule has 1 aromatic heterocycles. The van der Waals surface area contributed by atoms with Crippen LogP contribution in [0.3, 0.4) is 0 Å². The van der Waals surface area contributed by atoms with Crippen LogP contribution in [-0.2, 0) is 7.05 Å². The number of nitrogens with zero attached hydrogens (tertiary/aromatic N) is 3. The molecule has 0 unspecified atom stereocenters. The molecule has 0 aliphatic rings. The number of rotatable bonds is 3. The molecule has 0 fully saturated rings. The lowest BCUT2D eigenvalue weighted by Crippen LogP contribution is -2.11. The van der Waals surface area contributed by atoms with E-state index in [4.69, 9.17) is 11.6 Å². The van der Waals surface area contributed by atoms with Gasteiger partial charge in [-0.2, -0.15) is 5.10 Å². The van der Waals surface area contributed by atoms with Crippen molar-refractivity contribution in [3.05, 3.63) is 46.7 Å². The number of carbonyl (C=O) groups is 1. The Kier molecular flexibility index (Phi) is 3.39. The smallest absolute Gasteiger partial charge is 0.212 e. The molecular formula is C13H14ClN3O. The number of carbonyl (C=O) groups excluding carboxylic acids is 1. The second-order valence-corrected chi connectivity index (χ2v) is 4.64. The summed E-state index contributed by atoms with van der Waals surface area (Å²) in [4.78, 5) is 14.2. The zero-order chi connectivity index (χ0) is 13.3. The second kappa shape index (κ2) is 4.82. The summed E-state index contributed by atoms with van der Waals surface area (Å²) in [7, 11) is 5.61. The van der Waals surface area contributed by atoms with E-state index in [0.29, 0.717) is 16.3 Å².